The average molecular weight is 230 g/mol. The molecule has 12 heavy (non-hydrogen) atoms. The Morgan fingerprint density at radius 3 is 3.25 bits per heavy atom. The molecule has 2 heterocycles. The van der Waals surface area contributed by atoms with Crippen molar-refractivity contribution >= 4 is 15.9 Å². The zero-order chi connectivity index (χ0) is 8.55. The van der Waals surface area contributed by atoms with Gasteiger partial charge in [0, 0.05) is 18.7 Å². The van der Waals surface area contributed by atoms with Crippen LogP contribution in [0.3, 0.4) is 0 Å². The van der Waals surface area contributed by atoms with Gasteiger partial charge in [-0.05, 0) is 22.4 Å². The highest BCUT2D eigenvalue weighted by atomic mass is 79.9. The zero-order valence-corrected chi connectivity index (χ0v) is 8.61. The maximum absolute atomic E-state index is 4.40. The van der Waals surface area contributed by atoms with Gasteiger partial charge in [0.2, 0.25) is 0 Å². The second kappa shape index (κ2) is 3.18. The van der Waals surface area contributed by atoms with Gasteiger partial charge in [0.05, 0.1) is 11.7 Å². The van der Waals surface area contributed by atoms with Crippen molar-refractivity contribution in [3.05, 3.63) is 16.1 Å². The van der Waals surface area contributed by atoms with Crippen LogP contribution in [0.25, 0.3) is 0 Å². The number of nitrogens with one attached hydrogen (secondary N) is 2. The summed E-state index contributed by atoms with van der Waals surface area (Å²) in [5, 5.41) is 3.43. The summed E-state index contributed by atoms with van der Waals surface area (Å²) < 4.78 is 0.856. The number of nitrogens with zero attached hydrogens (tertiary/aromatic N) is 1. The highest BCUT2D eigenvalue weighted by Crippen LogP contribution is 2.24. The number of imidazole rings is 1. The number of H-pyrrole nitrogens is 1. The topological polar surface area (TPSA) is 40.7 Å². The third-order valence-corrected chi connectivity index (χ3v) is 2.66. The molecule has 0 spiro atoms. The van der Waals surface area contributed by atoms with E-state index in [0.717, 1.165) is 24.1 Å². The summed E-state index contributed by atoms with van der Waals surface area (Å²) in [7, 11) is 0. The number of rotatable bonds is 1. The van der Waals surface area contributed by atoms with Crippen LogP contribution in [-0.2, 0) is 6.42 Å². The molecule has 0 fully saturated rings. The molecular formula is C8H12BrN3. The molecule has 0 saturated heterocycles. The first kappa shape index (κ1) is 8.26. The van der Waals surface area contributed by atoms with E-state index < -0.39 is 0 Å². The van der Waals surface area contributed by atoms with E-state index in [2.05, 4.69) is 38.1 Å². The Balaban J connectivity index is 2.36. The van der Waals surface area contributed by atoms with Crippen molar-refractivity contribution in [1.82, 2.24) is 15.3 Å². The van der Waals surface area contributed by atoms with Crippen molar-refractivity contribution < 1.29 is 0 Å². The number of halogens is 1. The normalized spacial score (nSPS) is 22.3. The lowest BCUT2D eigenvalue weighted by Gasteiger charge is -2.21. The van der Waals surface area contributed by atoms with Gasteiger partial charge in [0.15, 0.2) is 4.73 Å². The van der Waals surface area contributed by atoms with Crippen molar-refractivity contribution in [3.63, 3.8) is 0 Å². The molecule has 1 aliphatic rings. The van der Waals surface area contributed by atoms with Gasteiger partial charge in [0.25, 0.3) is 0 Å². The second-order valence-corrected chi connectivity index (χ2v) is 3.81. The first-order chi connectivity index (χ1) is 5.81. The monoisotopic (exact) mass is 229 g/mol. The van der Waals surface area contributed by atoms with Gasteiger partial charge in [-0.1, -0.05) is 6.92 Å². The molecule has 3 nitrogen and oxygen atoms in total. The number of aromatic nitrogens is 2. The number of hydrogen-bond acceptors (Lipinski definition) is 2. The van der Waals surface area contributed by atoms with E-state index in [1.165, 1.54) is 11.4 Å². The van der Waals surface area contributed by atoms with Crippen molar-refractivity contribution in [2.24, 2.45) is 0 Å². The first-order valence-corrected chi connectivity index (χ1v) is 5.08. The molecular weight excluding hydrogens is 218 g/mol. The van der Waals surface area contributed by atoms with Gasteiger partial charge in [0.1, 0.15) is 0 Å². The Labute approximate surface area is 80.1 Å². The molecule has 0 aromatic carbocycles. The van der Waals surface area contributed by atoms with E-state index in [9.17, 15) is 0 Å². The molecule has 0 bridgehead atoms. The minimum atomic E-state index is 0.441. The van der Waals surface area contributed by atoms with Crippen molar-refractivity contribution in [2.75, 3.05) is 6.54 Å². The Hall–Kier alpha value is -0.350. The van der Waals surface area contributed by atoms with Crippen LogP contribution in [0.2, 0.25) is 0 Å². The second-order valence-electron chi connectivity index (χ2n) is 3.06. The van der Waals surface area contributed by atoms with Crippen molar-refractivity contribution in [3.8, 4) is 0 Å². The predicted molar refractivity (Wildman–Crippen MR) is 51.0 cm³/mol. The van der Waals surface area contributed by atoms with Gasteiger partial charge in [-0.25, -0.2) is 4.98 Å². The maximum Gasteiger partial charge on any atom is 0.174 e. The summed E-state index contributed by atoms with van der Waals surface area (Å²) in [6.07, 6.45) is 2.16. The van der Waals surface area contributed by atoms with Gasteiger partial charge in [-0.3, -0.25) is 0 Å². The highest BCUT2D eigenvalue weighted by molar-refractivity contribution is 9.10. The van der Waals surface area contributed by atoms with Crippen LogP contribution < -0.4 is 5.32 Å². The van der Waals surface area contributed by atoms with Crippen LogP contribution in [-0.4, -0.2) is 16.5 Å². The Bertz CT molecular complexity index is 282. The Morgan fingerprint density at radius 1 is 1.67 bits per heavy atom. The lowest BCUT2D eigenvalue weighted by Crippen LogP contribution is -2.29. The van der Waals surface area contributed by atoms with Crippen molar-refractivity contribution in [1.29, 1.82) is 0 Å². The quantitative estimate of drug-likeness (QED) is 0.771. The van der Waals surface area contributed by atoms with Crippen LogP contribution >= 0.6 is 15.9 Å². The van der Waals surface area contributed by atoms with Crippen LogP contribution in [0.4, 0.5) is 0 Å². The Kier molecular flexibility index (Phi) is 2.19. The fraction of sp³-hybridized carbons (Fsp3) is 0.625. The fourth-order valence-corrected chi connectivity index (χ4v) is 2.10. The van der Waals surface area contributed by atoms with Gasteiger partial charge >= 0.3 is 0 Å². The van der Waals surface area contributed by atoms with Crippen LogP contribution in [0.15, 0.2) is 4.73 Å². The molecule has 1 atom stereocenters. The minimum absolute atomic E-state index is 0.441. The number of hydrogen-bond donors (Lipinski definition) is 2. The average Bonchev–Trinajstić information content (AvgIpc) is 2.44. The molecule has 1 aliphatic heterocycles. The minimum Gasteiger partial charge on any atom is -0.336 e. The Morgan fingerprint density at radius 2 is 2.50 bits per heavy atom. The molecule has 2 N–H and O–H groups in total. The summed E-state index contributed by atoms with van der Waals surface area (Å²) in [6, 6.07) is 0.441. The molecule has 0 saturated carbocycles. The predicted octanol–water partition coefficient (Wildman–Crippen LogP) is 1.77. The highest BCUT2D eigenvalue weighted by Gasteiger charge is 2.21. The number of aromatic amines is 1. The van der Waals surface area contributed by atoms with E-state index >= 15 is 0 Å². The molecule has 1 aromatic heterocycles. The van der Waals surface area contributed by atoms with Gasteiger partial charge in [-0.2, -0.15) is 0 Å². The third kappa shape index (κ3) is 1.29. The maximum atomic E-state index is 4.40. The zero-order valence-electron chi connectivity index (χ0n) is 7.02. The van der Waals surface area contributed by atoms with E-state index in [0.29, 0.717) is 6.04 Å². The largest absolute Gasteiger partial charge is 0.336 e. The van der Waals surface area contributed by atoms with E-state index in [1.54, 1.807) is 0 Å². The molecule has 0 amide bonds. The molecule has 1 unspecified atom stereocenters. The lowest BCUT2D eigenvalue weighted by atomic mass is 10.0. The first-order valence-electron chi connectivity index (χ1n) is 4.29. The SMILES string of the molecule is CCC1NCCc2[nH]c(Br)nc21. The summed E-state index contributed by atoms with van der Waals surface area (Å²) in [5.41, 5.74) is 2.48. The molecule has 4 heteroatoms. The fourth-order valence-electron chi connectivity index (χ4n) is 1.67. The molecule has 1 aromatic rings. The van der Waals surface area contributed by atoms with Gasteiger partial charge < -0.3 is 10.3 Å². The van der Waals surface area contributed by atoms with Crippen LogP contribution in [0, 0.1) is 0 Å². The summed E-state index contributed by atoms with van der Waals surface area (Å²) in [5.74, 6) is 0. The third-order valence-electron chi connectivity index (χ3n) is 2.29. The smallest absolute Gasteiger partial charge is 0.174 e. The van der Waals surface area contributed by atoms with Gasteiger partial charge in [-0.15, -0.1) is 0 Å². The molecule has 0 radical (unpaired) electrons. The number of fused-ring (bicyclic) bond motifs is 1. The molecule has 0 aliphatic carbocycles. The summed E-state index contributed by atoms with van der Waals surface area (Å²) >= 11 is 3.35. The molecule has 2 rings (SSSR count). The van der Waals surface area contributed by atoms with E-state index in [4.69, 9.17) is 0 Å². The summed E-state index contributed by atoms with van der Waals surface area (Å²) in [4.78, 5) is 7.63. The van der Waals surface area contributed by atoms with Crippen LogP contribution in [0.1, 0.15) is 30.8 Å². The summed E-state index contributed by atoms with van der Waals surface area (Å²) in [6.45, 7) is 3.23. The van der Waals surface area contributed by atoms with E-state index in [-0.39, 0.29) is 0 Å². The standard InChI is InChI=1S/C8H12BrN3/c1-2-5-7-6(3-4-10-5)11-8(9)12-7/h5,10H,2-4H2,1H3,(H,11,12). The van der Waals surface area contributed by atoms with E-state index in [1.807, 2.05) is 0 Å². The van der Waals surface area contributed by atoms with Crippen molar-refractivity contribution in [2.45, 2.75) is 25.8 Å². The molecule has 66 valence electrons. The van der Waals surface area contributed by atoms with Crippen LogP contribution in [0.5, 0.6) is 0 Å². The lowest BCUT2D eigenvalue weighted by molar-refractivity contribution is 0.480.